The first kappa shape index (κ1) is 18.9. The summed E-state index contributed by atoms with van der Waals surface area (Å²) in [5.74, 6) is 1.37. The first-order valence-electron chi connectivity index (χ1n) is 8.69. The topological polar surface area (TPSA) is 60.5 Å². The van der Waals surface area contributed by atoms with Gasteiger partial charge >= 0.3 is 0 Å². The van der Waals surface area contributed by atoms with Crippen LogP contribution in [0.1, 0.15) is 26.6 Å². The van der Waals surface area contributed by atoms with E-state index >= 15 is 0 Å². The Bertz CT molecular complexity index is 890. The van der Waals surface area contributed by atoms with E-state index in [0.717, 1.165) is 28.4 Å². The second kappa shape index (κ2) is 9.19. The SMILES string of the molecule is COc1ccc(CCNC(=O)c2cccc(OCc3csc(C)n3)c2)cc1. The van der Waals surface area contributed by atoms with Gasteiger partial charge < -0.3 is 14.8 Å². The molecule has 140 valence electrons. The summed E-state index contributed by atoms with van der Waals surface area (Å²) in [4.78, 5) is 16.7. The normalized spacial score (nSPS) is 10.4. The summed E-state index contributed by atoms with van der Waals surface area (Å²) in [6.07, 6.45) is 0.759. The van der Waals surface area contributed by atoms with Crippen LogP contribution in [-0.2, 0) is 13.0 Å². The highest BCUT2D eigenvalue weighted by Gasteiger charge is 2.07. The Kier molecular flexibility index (Phi) is 6.44. The molecule has 3 rings (SSSR count). The Balaban J connectivity index is 1.50. The van der Waals surface area contributed by atoms with Crippen LogP contribution in [0.15, 0.2) is 53.9 Å². The average Bonchev–Trinajstić information content (AvgIpc) is 3.12. The van der Waals surface area contributed by atoms with Crippen LogP contribution in [0.2, 0.25) is 0 Å². The fourth-order valence-corrected chi connectivity index (χ4v) is 3.17. The molecule has 27 heavy (non-hydrogen) atoms. The van der Waals surface area contributed by atoms with E-state index in [2.05, 4.69) is 10.3 Å². The number of nitrogens with one attached hydrogen (secondary N) is 1. The van der Waals surface area contributed by atoms with Crippen LogP contribution in [0, 0.1) is 6.92 Å². The first-order valence-corrected chi connectivity index (χ1v) is 9.57. The first-order chi connectivity index (χ1) is 13.1. The van der Waals surface area contributed by atoms with Crippen LogP contribution in [0.3, 0.4) is 0 Å². The molecule has 0 fully saturated rings. The van der Waals surface area contributed by atoms with Gasteiger partial charge in [0.25, 0.3) is 5.91 Å². The van der Waals surface area contributed by atoms with E-state index in [-0.39, 0.29) is 5.91 Å². The molecular formula is C21H22N2O3S. The van der Waals surface area contributed by atoms with E-state index < -0.39 is 0 Å². The highest BCUT2D eigenvalue weighted by molar-refractivity contribution is 7.09. The molecule has 5 nitrogen and oxygen atoms in total. The number of aromatic nitrogens is 1. The lowest BCUT2D eigenvalue weighted by atomic mass is 10.1. The Hall–Kier alpha value is -2.86. The molecule has 1 aromatic heterocycles. The van der Waals surface area contributed by atoms with E-state index in [4.69, 9.17) is 9.47 Å². The molecule has 0 saturated carbocycles. The van der Waals surface area contributed by atoms with Crippen molar-refractivity contribution in [2.24, 2.45) is 0 Å². The summed E-state index contributed by atoms with van der Waals surface area (Å²) in [5, 5.41) is 5.93. The zero-order chi connectivity index (χ0) is 19.1. The van der Waals surface area contributed by atoms with Crippen LogP contribution in [0.5, 0.6) is 11.5 Å². The Morgan fingerprint density at radius 1 is 1.15 bits per heavy atom. The van der Waals surface area contributed by atoms with Crippen molar-refractivity contribution in [3.63, 3.8) is 0 Å². The van der Waals surface area contributed by atoms with Crippen molar-refractivity contribution in [1.82, 2.24) is 10.3 Å². The molecule has 1 amide bonds. The molecule has 0 aliphatic heterocycles. The molecule has 0 bridgehead atoms. The lowest BCUT2D eigenvalue weighted by molar-refractivity contribution is 0.0953. The highest BCUT2D eigenvalue weighted by Crippen LogP contribution is 2.16. The van der Waals surface area contributed by atoms with Crippen molar-refractivity contribution in [2.75, 3.05) is 13.7 Å². The summed E-state index contributed by atoms with van der Waals surface area (Å²) in [5.41, 5.74) is 2.62. The Morgan fingerprint density at radius 3 is 2.67 bits per heavy atom. The highest BCUT2D eigenvalue weighted by atomic mass is 32.1. The predicted molar refractivity (Wildman–Crippen MR) is 107 cm³/mol. The molecule has 6 heteroatoms. The van der Waals surface area contributed by atoms with Crippen molar-refractivity contribution in [3.05, 3.63) is 75.7 Å². The zero-order valence-electron chi connectivity index (χ0n) is 15.4. The summed E-state index contributed by atoms with van der Waals surface area (Å²) < 4.78 is 10.9. The van der Waals surface area contributed by atoms with E-state index in [1.165, 1.54) is 0 Å². The second-order valence-electron chi connectivity index (χ2n) is 6.03. The van der Waals surface area contributed by atoms with Crippen LogP contribution >= 0.6 is 11.3 Å². The van der Waals surface area contributed by atoms with Crippen molar-refractivity contribution in [1.29, 1.82) is 0 Å². The number of benzene rings is 2. The number of carbonyl (C=O) groups excluding carboxylic acids is 1. The Morgan fingerprint density at radius 2 is 1.96 bits per heavy atom. The zero-order valence-corrected chi connectivity index (χ0v) is 16.2. The van der Waals surface area contributed by atoms with Crippen molar-refractivity contribution in [3.8, 4) is 11.5 Å². The molecule has 0 atom stereocenters. The molecule has 0 aliphatic carbocycles. The number of nitrogens with zero attached hydrogens (tertiary/aromatic N) is 1. The van der Waals surface area contributed by atoms with E-state index in [0.29, 0.717) is 24.5 Å². The number of methoxy groups -OCH3 is 1. The number of amides is 1. The third kappa shape index (κ3) is 5.56. The smallest absolute Gasteiger partial charge is 0.251 e. The van der Waals surface area contributed by atoms with Gasteiger partial charge in [-0.15, -0.1) is 11.3 Å². The minimum absolute atomic E-state index is 0.113. The minimum Gasteiger partial charge on any atom is -0.497 e. The number of hydrogen-bond donors (Lipinski definition) is 1. The van der Waals surface area contributed by atoms with Gasteiger partial charge in [0.2, 0.25) is 0 Å². The van der Waals surface area contributed by atoms with Gasteiger partial charge in [-0.3, -0.25) is 4.79 Å². The van der Waals surface area contributed by atoms with Crippen molar-refractivity contribution >= 4 is 17.2 Å². The molecule has 0 aliphatic rings. The quantitative estimate of drug-likeness (QED) is 0.639. The summed E-state index contributed by atoms with van der Waals surface area (Å²) in [6, 6.07) is 15.0. The third-order valence-electron chi connectivity index (χ3n) is 4.01. The molecule has 0 unspecified atom stereocenters. The number of rotatable bonds is 8. The maximum absolute atomic E-state index is 12.4. The summed E-state index contributed by atoms with van der Waals surface area (Å²) in [6.45, 7) is 2.92. The molecule has 0 spiro atoms. The van der Waals surface area contributed by atoms with Gasteiger partial charge in [-0.2, -0.15) is 0 Å². The molecular weight excluding hydrogens is 360 g/mol. The third-order valence-corrected chi connectivity index (χ3v) is 4.83. The largest absolute Gasteiger partial charge is 0.497 e. The lowest BCUT2D eigenvalue weighted by Gasteiger charge is -2.08. The van der Waals surface area contributed by atoms with Crippen molar-refractivity contribution in [2.45, 2.75) is 20.0 Å². The second-order valence-corrected chi connectivity index (χ2v) is 7.09. The van der Waals surface area contributed by atoms with Crippen LogP contribution in [0.25, 0.3) is 0 Å². The predicted octanol–water partition coefficient (Wildman–Crippen LogP) is 4.01. The minimum atomic E-state index is -0.113. The van der Waals surface area contributed by atoms with Crippen molar-refractivity contribution < 1.29 is 14.3 Å². The fourth-order valence-electron chi connectivity index (χ4n) is 2.57. The standard InChI is InChI=1S/C21H22N2O3S/c1-15-23-18(14-27-15)13-26-20-5-3-4-17(12-20)21(24)22-11-10-16-6-8-19(25-2)9-7-16/h3-9,12,14H,10-11,13H2,1-2H3,(H,22,24). The maximum atomic E-state index is 12.4. The monoisotopic (exact) mass is 382 g/mol. The number of hydrogen-bond acceptors (Lipinski definition) is 5. The molecule has 2 aromatic carbocycles. The molecule has 3 aromatic rings. The number of aryl methyl sites for hydroxylation is 1. The van der Waals surface area contributed by atoms with E-state index in [1.807, 2.05) is 48.7 Å². The van der Waals surface area contributed by atoms with Gasteiger partial charge in [0.15, 0.2) is 0 Å². The molecule has 1 heterocycles. The van der Waals surface area contributed by atoms with Gasteiger partial charge in [0, 0.05) is 17.5 Å². The van der Waals surface area contributed by atoms with Crippen LogP contribution in [-0.4, -0.2) is 24.5 Å². The number of ether oxygens (including phenoxy) is 2. The summed E-state index contributed by atoms with van der Waals surface area (Å²) in [7, 11) is 1.64. The van der Waals surface area contributed by atoms with Gasteiger partial charge in [0.1, 0.15) is 18.1 Å². The van der Waals surface area contributed by atoms with Gasteiger partial charge in [-0.05, 0) is 49.2 Å². The fraction of sp³-hybridized carbons (Fsp3) is 0.238. The van der Waals surface area contributed by atoms with Crippen LogP contribution in [0.4, 0.5) is 0 Å². The van der Waals surface area contributed by atoms with E-state index in [1.54, 1.807) is 30.6 Å². The lowest BCUT2D eigenvalue weighted by Crippen LogP contribution is -2.25. The Labute approximate surface area is 163 Å². The average molecular weight is 382 g/mol. The summed E-state index contributed by atoms with van der Waals surface area (Å²) >= 11 is 1.59. The van der Waals surface area contributed by atoms with Gasteiger partial charge in [-0.1, -0.05) is 18.2 Å². The molecule has 0 saturated heterocycles. The van der Waals surface area contributed by atoms with E-state index in [9.17, 15) is 4.79 Å². The van der Waals surface area contributed by atoms with Gasteiger partial charge in [-0.25, -0.2) is 4.98 Å². The number of thiazole rings is 1. The molecule has 1 N–H and O–H groups in total. The maximum Gasteiger partial charge on any atom is 0.251 e. The van der Waals surface area contributed by atoms with Gasteiger partial charge in [0.05, 0.1) is 17.8 Å². The number of carbonyl (C=O) groups is 1. The molecule has 0 radical (unpaired) electrons. The van der Waals surface area contributed by atoms with Crippen LogP contribution < -0.4 is 14.8 Å².